The molecular weight excluding hydrogens is 522 g/mol. The van der Waals surface area contributed by atoms with Gasteiger partial charge in [-0.2, -0.15) is 0 Å². The van der Waals surface area contributed by atoms with Gasteiger partial charge >= 0.3 is 6.09 Å². The number of rotatable bonds is 10. The van der Waals surface area contributed by atoms with Crippen LogP contribution >= 0.6 is 0 Å². The van der Waals surface area contributed by atoms with Crippen LogP contribution in [0.3, 0.4) is 0 Å². The molecule has 2 heterocycles. The van der Waals surface area contributed by atoms with E-state index in [0.29, 0.717) is 44.2 Å². The van der Waals surface area contributed by atoms with E-state index in [4.69, 9.17) is 14.2 Å². The highest BCUT2D eigenvalue weighted by molar-refractivity contribution is 5.83. The minimum absolute atomic E-state index is 0.00627. The number of likely N-dealkylation sites (tertiary alicyclic amines) is 1. The van der Waals surface area contributed by atoms with Gasteiger partial charge in [0.15, 0.2) is 0 Å². The smallest absolute Gasteiger partial charge is 0.412 e. The van der Waals surface area contributed by atoms with E-state index in [2.05, 4.69) is 34.6 Å². The normalized spacial score (nSPS) is 16.7. The van der Waals surface area contributed by atoms with Crippen molar-refractivity contribution in [2.24, 2.45) is 0 Å². The molecule has 5 rings (SSSR count). The summed E-state index contributed by atoms with van der Waals surface area (Å²) in [6, 6.07) is 27.4. The Kier molecular flexibility index (Phi) is 9.28. The molecule has 0 radical (unpaired) electrons. The maximum absolute atomic E-state index is 11.9. The van der Waals surface area contributed by atoms with Crippen molar-refractivity contribution in [3.05, 3.63) is 102 Å². The van der Waals surface area contributed by atoms with E-state index in [-0.39, 0.29) is 25.2 Å². The van der Waals surface area contributed by atoms with Crippen LogP contribution in [0.1, 0.15) is 29.9 Å². The van der Waals surface area contributed by atoms with Crippen molar-refractivity contribution in [1.82, 2.24) is 9.88 Å². The number of carbonyl (C=O) groups is 2. The molecule has 212 valence electrons. The predicted octanol–water partition coefficient (Wildman–Crippen LogP) is 4.97. The second-order valence-electron chi connectivity index (χ2n) is 9.89. The monoisotopic (exact) mass is 554 g/mol. The van der Waals surface area contributed by atoms with Crippen LogP contribution in [0.5, 0.6) is 5.75 Å². The van der Waals surface area contributed by atoms with Crippen molar-refractivity contribution in [3.8, 4) is 5.75 Å². The molecule has 0 saturated carbocycles. The van der Waals surface area contributed by atoms with Crippen LogP contribution in [-0.2, 0) is 16.1 Å². The Balaban J connectivity index is 1.16. The van der Waals surface area contributed by atoms with Crippen LogP contribution in [0.2, 0.25) is 0 Å². The number of nitrogens with one attached hydrogen (secondary N) is 1. The van der Waals surface area contributed by atoms with E-state index >= 15 is 0 Å². The summed E-state index contributed by atoms with van der Waals surface area (Å²) < 4.78 is 17.5. The quantitative estimate of drug-likeness (QED) is 0.275. The number of anilines is 1. The first-order valence-corrected chi connectivity index (χ1v) is 13.7. The second kappa shape index (κ2) is 13.6. The highest BCUT2D eigenvalue weighted by atomic mass is 16.5. The molecule has 2 unspecified atom stereocenters. The summed E-state index contributed by atoms with van der Waals surface area (Å²) in [5.41, 5.74) is 2.05. The number of hydrogen-bond acceptors (Lipinski definition) is 7. The second-order valence-corrected chi connectivity index (χ2v) is 9.89. The van der Waals surface area contributed by atoms with Gasteiger partial charge in [-0.3, -0.25) is 5.32 Å². The molecule has 2 amide bonds. The largest absolute Gasteiger partial charge is 0.530 e. The zero-order valence-electron chi connectivity index (χ0n) is 22.6. The van der Waals surface area contributed by atoms with Gasteiger partial charge in [-0.25, -0.2) is 9.78 Å². The van der Waals surface area contributed by atoms with Crippen LogP contribution in [0.25, 0.3) is 10.8 Å². The fraction of sp³-hybridized carbons (Fsp3) is 0.281. The van der Waals surface area contributed by atoms with E-state index in [1.165, 1.54) is 4.90 Å². The topological polar surface area (TPSA) is 113 Å². The molecule has 1 aliphatic heterocycles. The summed E-state index contributed by atoms with van der Waals surface area (Å²) in [6.45, 7) is 1.56. The number of hydrogen-bond donors (Lipinski definition) is 1. The maximum atomic E-state index is 11.9. The van der Waals surface area contributed by atoms with Crippen LogP contribution in [0.15, 0.2) is 91.1 Å². The number of piperidine rings is 1. The third-order valence-corrected chi connectivity index (χ3v) is 7.07. The first-order chi connectivity index (χ1) is 20.0. The van der Waals surface area contributed by atoms with E-state index in [1.54, 1.807) is 24.4 Å². The molecule has 1 fully saturated rings. The zero-order valence-corrected chi connectivity index (χ0v) is 22.6. The highest BCUT2D eigenvalue weighted by Crippen LogP contribution is 2.33. The Hall–Kier alpha value is -4.63. The van der Waals surface area contributed by atoms with Crippen molar-refractivity contribution in [1.29, 1.82) is 0 Å². The lowest BCUT2D eigenvalue weighted by Gasteiger charge is -2.40. The van der Waals surface area contributed by atoms with E-state index in [9.17, 15) is 14.7 Å². The summed E-state index contributed by atoms with van der Waals surface area (Å²) in [5.74, 6) is 1.11. The fourth-order valence-corrected chi connectivity index (χ4v) is 4.99. The molecule has 0 bridgehead atoms. The minimum Gasteiger partial charge on any atom is -0.530 e. The molecule has 3 aromatic carbocycles. The summed E-state index contributed by atoms with van der Waals surface area (Å²) in [5, 5.41) is 16.5. The number of nitrogens with zero attached hydrogens (tertiary/aromatic N) is 2. The number of amides is 2. The number of carbonyl (C=O) groups excluding carboxylic acids is 2. The molecule has 9 heteroatoms. The SMILES string of the molecule is O=C(Nc1ccccn1)OCCCOc1cccc(C2CCN(C(=O)[O-])CC2OCc2ccc3ccccc3c2)c1. The predicted molar refractivity (Wildman–Crippen MR) is 153 cm³/mol. The van der Waals surface area contributed by atoms with Gasteiger partial charge in [0, 0.05) is 31.6 Å². The maximum Gasteiger partial charge on any atom is 0.412 e. The van der Waals surface area contributed by atoms with Gasteiger partial charge in [-0.1, -0.05) is 54.6 Å². The molecule has 41 heavy (non-hydrogen) atoms. The molecule has 9 nitrogen and oxygen atoms in total. The summed E-state index contributed by atoms with van der Waals surface area (Å²) in [6.07, 6.45) is 0.623. The number of fused-ring (bicyclic) bond motifs is 1. The summed E-state index contributed by atoms with van der Waals surface area (Å²) in [4.78, 5) is 28.9. The summed E-state index contributed by atoms with van der Waals surface area (Å²) in [7, 11) is 0. The van der Waals surface area contributed by atoms with Gasteiger partial charge in [0.2, 0.25) is 0 Å². The van der Waals surface area contributed by atoms with Gasteiger partial charge < -0.3 is 29.0 Å². The Bertz CT molecular complexity index is 1460. The van der Waals surface area contributed by atoms with Gasteiger partial charge in [0.05, 0.1) is 25.9 Å². The first kappa shape index (κ1) is 27.9. The van der Waals surface area contributed by atoms with Gasteiger partial charge in [0.25, 0.3) is 0 Å². The number of benzene rings is 3. The number of ether oxygens (including phenoxy) is 3. The molecule has 1 aliphatic rings. The average Bonchev–Trinajstić information content (AvgIpc) is 3.00. The fourth-order valence-electron chi connectivity index (χ4n) is 4.99. The summed E-state index contributed by atoms with van der Waals surface area (Å²) >= 11 is 0. The lowest BCUT2D eigenvalue weighted by molar-refractivity contribution is -0.268. The lowest BCUT2D eigenvalue weighted by Crippen LogP contribution is -2.51. The lowest BCUT2D eigenvalue weighted by atomic mass is 9.87. The highest BCUT2D eigenvalue weighted by Gasteiger charge is 2.31. The van der Waals surface area contributed by atoms with Crippen LogP contribution in [0, 0.1) is 0 Å². The van der Waals surface area contributed by atoms with E-state index in [1.807, 2.05) is 42.5 Å². The molecule has 1 N–H and O–H groups in total. The molecular formula is C32H32N3O6-. The molecule has 0 spiro atoms. The van der Waals surface area contributed by atoms with Crippen molar-refractivity contribution in [2.45, 2.75) is 31.5 Å². The molecule has 1 saturated heterocycles. The van der Waals surface area contributed by atoms with Crippen LogP contribution < -0.4 is 15.2 Å². The van der Waals surface area contributed by atoms with Crippen molar-refractivity contribution < 1.29 is 28.9 Å². The third-order valence-electron chi connectivity index (χ3n) is 7.07. The Morgan fingerprint density at radius 1 is 0.951 bits per heavy atom. The average molecular weight is 555 g/mol. The van der Waals surface area contributed by atoms with Gasteiger partial charge in [-0.15, -0.1) is 0 Å². The van der Waals surface area contributed by atoms with Crippen LogP contribution in [-0.4, -0.2) is 54.5 Å². The van der Waals surface area contributed by atoms with Gasteiger partial charge in [-0.05, 0) is 58.7 Å². The standard InChI is InChI=1S/C32H33N3O6/c36-31(34-30-11-3-4-15-33-30)40-18-6-17-39-27-10-5-9-26(20-27)28-14-16-35(32(37)38)21-29(28)41-22-23-12-13-24-7-1-2-8-25(24)19-23/h1-5,7-13,15,19-20,28-29H,6,14,16-18,21-22H2,(H,37,38)(H,33,34,36)/p-1. The van der Waals surface area contributed by atoms with Crippen molar-refractivity contribution >= 4 is 28.8 Å². The zero-order chi connectivity index (χ0) is 28.4. The third kappa shape index (κ3) is 7.73. The first-order valence-electron chi connectivity index (χ1n) is 13.7. The van der Waals surface area contributed by atoms with Crippen molar-refractivity contribution in [2.75, 3.05) is 31.6 Å². The van der Waals surface area contributed by atoms with Gasteiger partial charge in [0.1, 0.15) is 17.7 Å². The number of pyridine rings is 1. The molecule has 1 aromatic heterocycles. The Morgan fingerprint density at radius 2 is 1.80 bits per heavy atom. The van der Waals surface area contributed by atoms with Crippen LogP contribution in [0.4, 0.5) is 15.4 Å². The molecule has 0 aliphatic carbocycles. The minimum atomic E-state index is -1.18. The van der Waals surface area contributed by atoms with E-state index < -0.39 is 12.2 Å². The molecule has 4 aromatic rings. The number of carboxylic acid groups (broad SMARTS) is 1. The van der Waals surface area contributed by atoms with E-state index in [0.717, 1.165) is 21.9 Å². The Labute approximate surface area is 238 Å². The molecule has 2 atom stereocenters. The number of aromatic nitrogens is 1. The Morgan fingerprint density at radius 3 is 2.63 bits per heavy atom. The van der Waals surface area contributed by atoms with Crippen molar-refractivity contribution in [3.63, 3.8) is 0 Å².